The number of hydrogen-bond acceptors (Lipinski definition) is 6. The molecule has 0 aliphatic carbocycles. The largest absolute Gasteiger partial charge is 0.452 e. The topological polar surface area (TPSA) is 81.3 Å². The fourth-order valence-electron chi connectivity index (χ4n) is 1.30. The monoisotopic (exact) mass is 263 g/mol. The average Bonchev–Trinajstić information content (AvgIpc) is 2.41. The molecule has 0 fully saturated rings. The molecule has 0 amide bonds. The Morgan fingerprint density at radius 1 is 1.39 bits per heavy atom. The molecule has 0 saturated carbocycles. The number of aliphatic hydroxyl groups is 1. The summed E-state index contributed by atoms with van der Waals surface area (Å²) >= 11 is 1.49. The van der Waals surface area contributed by atoms with Gasteiger partial charge in [0, 0.05) is 23.0 Å². The number of ether oxygens (including phenoxy) is 1. The first-order chi connectivity index (χ1) is 8.79. The standard InChI is InChI=1S/C12H13N3O2S/c13-12-11(17-9-2-1-3-14-7-9)6-10(8-15-12)18-5-4-16/h1-3,6-8,16H,4-5H2,(H2,13,15). The first-order valence-electron chi connectivity index (χ1n) is 5.36. The molecule has 3 N–H and O–H groups in total. The summed E-state index contributed by atoms with van der Waals surface area (Å²) in [5.74, 6) is 2.03. The van der Waals surface area contributed by atoms with Crippen LogP contribution in [0.25, 0.3) is 0 Å². The quantitative estimate of drug-likeness (QED) is 0.802. The van der Waals surface area contributed by atoms with Gasteiger partial charge in [-0.25, -0.2) is 4.98 Å². The minimum atomic E-state index is 0.119. The van der Waals surface area contributed by atoms with Crippen LogP contribution in [0, 0.1) is 0 Å². The van der Waals surface area contributed by atoms with Crippen molar-refractivity contribution in [2.24, 2.45) is 0 Å². The molecule has 0 radical (unpaired) electrons. The maximum atomic E-state index is 8.78. The summed E-state index contributed by atoms with van der Waals surface area (Å²) in [5.41, 5.74) is 5.75. The molecule has 0 atom stereocenters. The number of nitrogens with zero attached hydrogens (tertiary/aromatic N) is 2. The molecule has 0 aromatic carbocycles. The number of thioether (sulfide) groups is 1. The van der Waals surface area contributed by atoms with E-state index >= 15 is 0 Å². The molecule has 0 spiro atoms. The summed E-state index contributed by atoms with van der Waals surface area (Å²) in [6.07, 6.45) is 4.93. The fourth-order valence-corrected chi connectivity index (χ4v) is 1.94. The SMILES string of the molecule is Nc1ncc(SCCO)cc1Oc1cccnc1. The number of aliphatic hydroxyl groups excluding tert-OH is 1. The normalized spacial score (nSPS) is 10.3. The Balaban J connectivity index is 2.16. The number of pyridine rings is 2. The van der Waals surface area contributed by atoms with Crippen molar-refractivity contribution in [2.75, 3.05) is 18.1 Å². The lowest BCUT2D eigenvalue weighted by molar-refractivity contribution is 0.322. The van der Waals surface area contributed by atoms with Gasteiger partial charge in [-0.2, -0.15) is 0 Å². The molecule has 2 heterocycles. The van der Waals surface area contributed by atoms with Crippen LogP contribution in [0.15, 0.2) is 41.7 Å². The third-order valence-corrected chi connectivity index (χ3v) is 3.02. The highest BCUT2D eigenvalue weighted by molar-refractivity contribution is 7.99. The molecule has 0 unspecified atom stereocenters. The molecule has 0 aliphatic heterocycles. The van der Waals surface area contributed by atoms with Crippen molar-refractivity contribution in [3.8, 4) is 11.5 Å². The minimum absolute atomic E-state index is 0.119. The Morgan fingerprint density at radius 3 is 3.00 bits per heavy atom. The Bertz CT molecular complexity index is 508. The summed E-state index contributed by atoms with van der Waals surface area (Å²) in [5, 5.41) is 8.78. The number of aromatic nitrogens is 2. The Labute approximate surface area is 109 Å². The van der Waals surface area contributed by atoms with E-state index in [0.717, 1.165) is 4.90 Å². The first-order valence-corrected chi connectivity index (χ1v) is 6.35. The van der Waals surface area contributed by atoms with Crippen molar-refractivity contribution in [3.05, 3.63) is 36.8 Å². The van der Waals surface area contributed by atoms with Crippen molar-refractivity contribution in [2.45, 2.75) is 4.90 Å². The van der Waals surface area contributed by atoms with E-state index < -0.39 is 0 Å². The van der Waals surface area contributed by atoms with Gasteiger partial charge < -0.3 is 15.6 Å². The van der Waals surface area contributed by atoms with E-state index in [1.165, 1.54) is 11.8 Å². The van der Waals surface area contributed by atoms with Crippen LogP contribution in [-0.4, -0.2) is 27.4 Å². The van der Waals surface area contributed by atoms with E-state index in [1.807, 2.05) is 0 Å². The number of hydrogen-bond donors (Lipinski definition) is 2. The molecule has 0 aliphatic rings. The van der Waals surface area contributed by atoms with Crippen molar-refractivity contribution in [1.82, 2.24) is 9.97 Å². The van der Waals surface area contributed by atoms with Crippen LogP contribution in [0.3, 0.4) is 0 Å². The van der Waals surface area contributed by atoms with Crippen molar-refractivity contribution < 1.29 is 9.84 Å². The van der Waals surface area contributed by atoms with E-state index in [2.05, 4.69) is 9.97 Å². The predicted octanol–water partition coefficient (Wildman–Crippen LogP) is 1.94. The zero-order valence-electron chi connectivity index (χ0n) is 9.61. The Kier molecular flexibility index (Phi) is 4.38. The summed E-state index contributed by atoms with van der Waals surface area (Å²) in [7, 11) is 0. The number of rotatable bonds is 5. The van der Waals surface area contributed by atoms with Crippen LogP contribution in [0.5, 0.6) is 11.5 Å². The lowest BCUT2D eigenvalue weighted by Gasteiger charge is -2.08. The molecule has 0 saturated heterocycles. The van der Waals surface area contributed by atoms with Crippen LogP contribution < -0.4 is 10.5 Å². The lowest BCUT2D eigenvalue weighted by atomic mass is 10.4. The number of nitrogens with two attached hydrogens (primary N) is 1. The molecule has 2 rings (SSSR count). The fraction of sp³-hybridized carbons (Fsp3) is 0.167. The van der Waals surface area contributed by atoms with Gasteiger partial charge in [0.25, 0.3) is 0 Å². The maximum absolute atomic E-state index is 8.78. The molecular formula is C12H13N3O2S. The summed E-state index contributed by atoms with van der Waals surface area (Å²) in [4.78, 5) is 8.92. The third-order valence-electron chi connectivity index (χ3n) is 2.08. The second kappa shape index (κ2) is 6.23. The third kappa shape index (κ3) is 3.35. The molecule has 6 heteroatoms. The average molecular weight is 263 g/mol. The highest BCUT2D eigenvalue weighted by Gasteiger charge is 2.06. The van der Waals surface area contributed by atoms with Crippen LogP contribution in [0.1, 0.15) is 0 Å². The predicted molar refractivity (Wildman–Crippen MR) is 70.8 cm³/mol. The van der Waals surface area contributed by atoms with Crippen LogP contribution in [0.2, 0.25) is 0 Å². The van der Waals surface area contributed by atoms with E-state index in [9.17, 15) is 0 Å². The van der Waals surface area contributed by atoms with Gasteiger partial charge in [0.15, 0.2) is 11.6 Å². The van der Waals surface area contributed by atoms with Gasteiger partial charge in [0.1, 0.15) is 5.75 Å². The first kappa shape index (κ1) is 12.7. The molecule has 94 valence electrons. The summed E-state index contributed by atoms with van der Waals surface area (Å²) in [6.45, 7) is 0.119. The van der Waals surface area contributed by atoms with Gasteiger partial charge in [0.2, 0.25) is 0 Å². The number of anilines is 1. The zero-order chi connectivity index (χ0) is 12.8. The van der Waals surface area contributed by atoms with Gasteiger partial charge in [-0.3, -0.25) is 4.98 Å². The van der Waals surface area contributed by atoms with Gasteiger partial charge in [-0.1, -0.05) is 0 Å². The Hall–Kier alpha value is -1.79. The second-order valence-corrected chi connectivity index (χ2v) is 4.59. The second-order valence-electron chi connectivity index (χ2n) is 3.42. The van der Waals surface area contributed by atoms with Crippen LogP contribution in [-0.2, 0) is 0 Å². The van der Waals surface area contributed by atoms with Crippen LogP contribution >= 0.6 is 11.8 Å². The number of nitrogen functional groups attached to an aromatic ring is 1. The van der Waals surface area contributed by atoms with Gasteiger partial charge >= 0.3 is 0 Å². The van der Waals surface area contributed by atoms with Gasteiger partial charge in [0.05, 0.1) is 12.8 Å². The van der Waals surface area contributed by atoms with E-state index in [1.54, 1.807) is 36.8 Å². The van der Waals surface area contributed by atoms with Crippen molar-refractivity contribution in [1.29, 1.82) is 0 Å². The lowest BCUT2D eigenvalue weighted by Crippen LogP contribution is -1.96. The highest BCUT2D eigenvalue weighted by Crippen LogP contribution is 2.29. The molecule has 2 aromatic rings. The molecular weight excluding hydrogens is 250 g/mol. The summed E-state index contributed by atoms with van der Waals surface area (Å²) < 4.78 is 5.60. The van der Waals surface area contributed by atoms with E-state index in [-0.39, 0.29) is 6.61 Å². The Morgan fingerprint density at radius 2 is 2.28 bits per heavy atom. The van der Waals surface area contributed by atoms with Gasteiger partial charge in [-0.15, -0.1) is 11.8 Å². The molecule has 2 aromatic heterocycles. The van der Waals surface area contributed by atoms with E-state index in [4.69, 9.17) is 15.6 Å². The smallest absolute Gasteiger partial charge is 0.170 e. The molecule has 5 nitrogen and oxygen atoms in total. The molecule has 18 heavy (non-hydrogen) atoms. The van der Waals surface area contributed by atoms with E-state index in [0.29, 0.717) is 23.1 Å². The highest BCUT2D eigenvalue weighted by atomic mass is 32.2. The van der Waals surface area contributed by atoms with Crippen LogP contribution in [0.4, 0.5) is 5.82 Å². The molecule has 0 bridgehead atoms. The maximum Gasteiger partial charge on any atom is 0.170 e. The summed E-state index contributed by atoms with van der Waals surface area (Å²) in [6, 6.07) is 5.37. The van der Waals surface area contributed by atoms with Gasteiger partial charge in [-0.05, 0) is 18.2 Å². The minimum Gasteiger partial charge on any atom is -0.452 e. The van der Waals surface area contributed by atoms with Crippen molar-refractivity contribution in [3.63, 3.8) is 0 Å². The zero-order valence-corrected chi connectivity index (χ0v) is 10.4. The van der Waals surface area contributed by atoms with Crippen molar-refractivity contribution >= 4 is 17.6 Å².